The van der Waals surface area contributed by atoms with Crippen LogP contribution in [0, 0.1) is 16.7 Å². The third-order valence-electron chi connectivity index (χ3n) is 10.9. The van der Waals surface area contributed by atoms with Gasteiger partial charge in [0.2, 0.25) is 0 Å². The lowest BCUT2D eigenvalue weighted by Crippen LogP contribution is -2.80. The largest absolute Gasteiger partial charge is 0.457 e. The van der Waals surface area contributed by atoms with Crippen LogP contribution < -0.4 is 0 Å². The Morgan fingerprint density at radius 1 is 1.07 bits per heavy atom. The lowest BCUT2D eigenvalue weighted by atomic mass is 9.49. The quantitative estimate of drug-likeness (QED) is 0.286. The van der Waals surface area contributed by atoms with E-state index in [1.807, 2.05) is 19.9 Å². The van der Waals surface area contributed by atoms with Gasteiger partial charge in [0.15, 0.2) is 18.0 Å². The molecule has 0 unspecified atom stereocenters. The second-order valence-electron chi connectivity index (χ2n) is 13.7. The number of benzene rings is 1. The predicted octanol–water partition coefficient (Wildman–Crippen LogP) is 4.05. The van der Waals surface area contributed by atoms with Crippen LogP contribution in [0.4, 0.5) is 0 Å². The third-order valence-corrected chi connectivity index (χ3v) is 10.9. The summed E-state index contributed by atoms with van der Waals surface area (Å²) in [5.74, 6) is -2.42. The number of carbonyl (C=O) groups excluding carboxylic acids is 3. The minimum atomic E-state index is -1.51. The summed E-state index contributed by atoms with van der Waals surface area (Å²) in [6.07, 6.45) is -1.99. The van der Waals surface area contributed by atoms with Crippen molar-refractivity contribution in [2.45, 2.75) is 109 Å². The minimum absolute atomic E-state index is 0.0550. The summed E-state index contributed by atoms with van der Waals surface area (Å²) in [5, 5.41) is 12.3. The molecule has 0 amide bonds. The molecule has 2 saturated heterocycles. The smallest absolute Gasteiger partial charge is 0.338 e. The first-order valence-corrected chi connectivity index (χ1v) is 15.3. The molecule has 2 saturated carbocycles. The molecule has 10 nitrogen and oxygen atoms in total. The Balaban J connectivity index is 1.68. The lowest BCUT2D eigenvalue weighted by molar-refractivity contribution is -0.392. The van der Waals surface area contributed by atoms with E-state index < -0.39 is 82.7 Å². The van der Waals surface area contributed by atoms with Gasteiger partial charge in [0.05, 0.1) is 35.2 Å². The fraction of sp³-hybridized carbons (Fsp3) is 0.618. The molecule has 10 atom stereocenters. The summed E-state index contributed by atoms with van der Waals surface area (Å²) < 4.78 is 38.3. The van der Waals surface area contributed by atoms with Gasteiger partial charge < -0.3 is 33.5 Å². The molecule has 5 aliphatic rings. The number of carbonyl (C=O) groups is 3. The zero-order valence-electron chi connectivity index (χ0n) is 26.2. The number of hydrogen-bond acceptors (Lipinski definition) is 10. The molecule has 0 bridgehead atoms. The van der Waals surface area contributed by atoms with Crippen LogP contribution in [-0.4, -0.2) is 77.6 Å². The van der Waals surface area contributed by atoms with Crippen molar-refractivity contribution in [3.63, 3.8) is 0 Å². The summed E-state index contributed by atoms with van der Waals surface area (Å²) in [7, 11) is 0. The van der Waals surface area contributed by atoms with E-state index in [-0.39, 0.29) is 6.61 Å². The summed E-state index contributed by atoms with van der Waals surface area (Å²) in [5.41, 5.74) is -3.18. The van der Waals surface area contributed by atoms with Crippen molar-refractivity contribution < 1.29 is 47.9 Å². The molecule has 238 valence electrons. The number of esters is 3. The first kappa shape index (κ1) is 31.0. The maximum atomic E-state index is 14.1. The maximum Gasteiger partial charge on any atom is 0.338 e. The normalized spacial score (nSPS) is 40.8. The predicted molar refractivity (Wildman–Crippen MR) is 156 cm³/mol. The van der Waals surface area contributed by atoms with E-state index in [4.69, 9.17) is 28.4 Å². The number of aliphatic hydroxyl groups is 1. The fourth-order valence-corrected chi connectivity index (χ4v) is 9.14. The van der Waals surface area contributed by atoms with E-state index in [1.165, 1.54) is 13.8 Å². The van der Waals surface area contributed by atoms with Gasteiger partial charge in [0.25, 0.3) is 0 Å². The van der Waals surface area contributed by atoms with Gasteiger partial charge in [-0.25, -0.2) is 4.79 Å². The van der Waals surface area contributed by atoms with Crippen molar-refractivity contribution in [1.29, 1.82) is 0 Å². The molecule has 4 fully saturated rings. The van der Waals surface area contributed by atoms with Gasteiger partial charge in [-0.05, 0) is 57.4 Å². The Morgan fingerprint density at radius 3 is 2.34 bits per heavy atom. The van der Waals surface area contributed by atoms with Gasteiger partial charge in [-0.1, -0.05) is 37.3 Å². The monoisotopic (exact) mass is 610 g/mol. The molecule has 0 spiro atoms. The van der Waals surface area contributed by atoms with Crippen LogP contribution in [0.15, 0.2) is 54.1 Å². The van der Waals surface area contributed by atoms with E-state index in [2.05, 4.69) is 6.58 Å². The van der Waals surface area contributed by atoms with Gasteiger partial charge in [0.1, 0.15) is 18.3 Å². The molecule has 0 radical (unpaired) electrons. The Bertz CT molecular complexity index is 1400. The summed E-state index contributed by atoms with van der Waals surface area (Å²) in [6.45, 7) is 13.9. The van der Waals surface area contributed by atoms with Crippen molar-refractivity contribution in [2.75, 3.05) is 6.61 Å². The van der Waals surface area contributed by atoms with Crippen LogP contribution >= 0.6 is 0 Å². The molecular formula is C34H42O10. The number of rotatable bonds is 6. The van der Waals surface area contributed by atoms with Gasteiger partial charge in [-0.15, -0.1) is 0 Å². The standard InChI is InChI=1S/C34H42O10/c1-8-24-41-22-16-23-34(17-39-23,44-20(4)36)27-29(43-30(37)21-12-10-9-11-13-21)33(31(5,6)38)15-14-18(2)25(33)26(40-19(3)35)28(42-24)32(22,27)7/h8-13,22-24,26-29,38H,1,14-17H2,2-7H3/t22-,23+,24-,26-,27-,28-,29-,32+,33-,34-/m0/s1. The highest BCUT2D eigenvalue weighted by Crippen LogP contribution is 2.69. The van der Waals surface area contributed by atoms with Gasteiger partial charge in [-0.2, -0.15) is 0 Å². The Hall–Kier alpha value is -3.05. The molecule has 44 heavy (non-hydrogen) atoms. The summed E-state index contributed by atoms with van der Waals surface area (Å²) >= 11 is 0. The van der Waals surface area contributed by atoms with E-state index in [0.29, 0.717) is 30.4 Å². The topological polar surface area (TPSA) is 127 Å². The van der Waals surface area contributed by atoms with Crippen LogP contribution in [0.25, 0.3) is 0 Å². The molecule has 1 N–H and O–H groups in total. The van der Waals surface area contributed by atoms with E-state index >= 15 is 0 Å². The SMILES string of the molecule is C=C[C@H]1O[C@H]2C[C@H]3OC[C@@]3(OC(C)=O)[C@H]3[C@H](OC(=O)c4ccccc4)[C@]4(C(C)(C)O)CCC(C)=C4[C@H](OC(C)=O)[C@H](O1)[C@]23C. The highest BCUT2D eigenvalue weighted by Gasteiger charge is 2.80. The molecule has 2 aliphatic heterocycles. The van der Waals surface area contributed by atoms with E-state index in [9.17, 15) is 19.5 Å². The first-order chi connectivity index (χ1) is 20.7. The lowest BCUT2D eigenvalue weighted by Gasteiger charge is -2.67. The van der Waals surface area contributed by atoms with Crippen LogP contribution in [0.3, 0.4) is 0 Å². The zero-order chi connectivity index (χ0) is 31.8. The molecule has 10 heteroatoms. The fourth-order valence-electron chi connectivity index (χ4n) is 9.14. The molecule has 3 aliphatic carbocycles. The first-order valence-electron chi connectivity index (χ1n) is 15.3. The molecule has 0 aromatic heterocycles. The highest BCUT2D eigenvalue weighted by molar-refractivity contribution is 5.89. The second-order valence-corrected chi connectivity index (χ2v) is 13.7. The third kappa shape index (κ3) is 4.25. The summed E-state index contributed by atoms with van der Waals surface area (Å²) in [6, 6.07) is 8.64. The second kappa shape index (κ2) is 10.5. The number of ether oxygens (including phenoxy) is 6. The van der Waals surface area contributed by atoms with E-state index in [1.54, 1.807) is 44.2 Å². The van der Waals surface area contributed by atoms with Crippen LogP contribution in [0.2, 0.25) is 0 Å². The number of allylic oxidation sites excluding steroid dienone is 1. The molecule has 6 rings (SSSR count). The van der Waals surface area contributed by atoms with Crippen molar-refractivity contribution in [3.05, 3.63) is 59.7 Å². The Morgan fingerprint density at radius 2 is 1.77 bits per heavy atom. The van der Waals surface area contributed by atoms with Gasteiger partial charge in [0, 0.05) is 25.7 Å². The molecule has 1 aromatic carbocycles. The van der Waals surface area contributed by atoms with E-state index in [0.717, 1.165) is 5.57 Å². The Kier molecular flexibility index (Phi) is 7.39. The average Bonchev–Trinajstić information content (AvgIpc) is 3.27. The van der Waals surface area contributed by atoms with Crippen molar-refractivity contribution in [3.8, 4) is 0 Å². The van der Waals surface area contributed by atoms with Crippen LogP contribution in [0.5, 0.6) is 0 Å². The highest BCUT2D eigenvalue weighted by atomic mass is 16.7. The molecule has 2 heterocycles. The number of fused-ring (bicyclic) bond motifs is 3. The van der Waals surface area contributed by atoms with Gasteiger partial charge >= 0.3 is 17.9 Å². The maximum absolute atomic E-state index is 14.1. The number of hydrogen-bond donors (Lipinski definition) is 1. The van der Waals surface area contributed by atoms with Crippen LogP contribution in [-0.2, 0) is 38.0 Å². The molecule has 1 aromatic rings. The van der Waals surface area contributed by atoms with Gasteiger partial charge in [-0.3, -0.25) is 9.59 Å². The minimum Gasteiger partial charge on any atom is -0.457 e. The molecular weight excluding hydrogens is 568 g/mol. The van der Waals surface area contributed by atoms with Crippen LogP contribution in [0.1, 0.15) is 71.2 Å². The van der Waals surface area contributed by atoms with Crippen molar-refractivity contribution in [1.82, 2.24) is 0 Å². The Labute approximate surface area is 257 Å². The summed E-state index contributed by atoms with van der Waals surface area (Å²) in [4.78, 5) is 39.7. The van der Waals surface area contributed by atoms with Crippen molar-refractivity contribution >= 4 is 17.9 Å². The zero-order valence-corrected chi connectivity index (χ0v) is 26.2. The van der Waals surface area contributed by atoms with Crippen molar-refractivity contribution in [2.24, 2.45) is 16.7 Å². The average molecular weight is 611 g/mol.